The minimum Gasteiger partial charge on any atom is -0.457 e. The lowest BCUT2D eigenvalue weighted by atomic mass is 9.97. The van der Waals surface area contributed by atoms with E-state index in [9.17, 15) is 10.5 Å². The van der Waals surface area contributed by atoms with Gasteiger partial charge in [-0.25, -0.2) is 9.97 Å². The summed E-state index contributed by atoms with van der Waals surface area (Å²) in [5.74, 6) is 5.06. The molecule has 5 heterocycles. The lowest BCUT2D eigenvalue weighted by Gasteiger charge is -2.33. The molecule has 0 amide bonds. The molecule has 0 unspecified atom stereocenters. The monoisotopic (exact) mass is 1180 g/mol. The van der Waals surface area contributed by atoms with Crippen molar-refractivity contribution in [3.63, 3.8) is 0 Å². The topological polar surface area (TPSA) is 142 Å². The van der Waals surface area contributed by atoms with Crippen LogP contribution in [0.5, 0.6) is 34.5 Å². The van der Waals surface area contributed by atoms with Crippen molar-refractivity contribution < 1.29 is 14.2 Å². The SMILES string of the molecule is [C-]#[N+]c1nc2c3ccc(N4c5ccccc5Oc5ccccc54)cc3c3cc(N4c5ccccc5Oc5ccccc54)ccc3c2nc1C#N.[C-]#[N+]c1nc2c3ccccc3c3cc(Br)ccc3c2nc1C#N.c1ccc2c(c1)Cc1ccccc1O2. The molecule has 2 aromatic heterocycles. The molecule has 0 aliphatic carbocycles. The zero-order valence-corrected chi connectivity index (χ0v) is 47.2. The highest BCUT2D eigenvalue weighted by Crippen LogP contribution is 2.53. The van der Waals surface area contributed by atoms with Gasteiger partial charge in [0.15, 0.2) is 45.4 Å². The van der Waals surface area contributed by atoms with Crippen molar-refractivity contribution in [1.29, 1.82) is 10.5 Å². The van der Waals surface area contributed by atoms with Crippen LogP contribution >= 0.6 is 15.9 Å². The summed E-state index contributed by atoms with van der Waals surface area (Å²) < 4.78 is 19.4. The van der Waals surface area contributed by atoms with E-state index in [2.05, 4.69) is 124 Å². The Morgan fingerprint density at radius 3 is 1.13 bits per heavy atom. The van der Waals surface area contributed by atoms with Gasteiger partial charge in [-0.15, -0.1) is 9.97 Å². The van der Waals surface area contributed by atoms with Crippen LogP contribution in [0.1, 0.15) is 22.5 Å². The Hall–Kier alpha value is -12.2. The third-order valence-corrected chi connectivity index (χ3v) is 16.1. The molecule has 0 atom stereocenters. The van der Waals surface area contributed by atoms with Gasteiger partial charge in [-0.2, -0.15) is 10.5 Å². The summed E-state index contributed by atoms with van der Waals surface area (Å²) in [6.07, 6.45) is 0.979. The molecule has 0 spiro atoms. The maximum Gasteiger partial charge on any atom is 0.307 e. The minimum absolute atomic E-state index is 0.00594. The van der Waals surface area contributed by atoms with Gasteiger partial charge in [0.1, 0.15) is 34.7 Å². The van der Waals surface area contributed by atoms with E-state index in [0.29, 0.717) is 22.1 Å². The molecule has 0 fully saturated rings. The van der Waals surface area contributed by atoms with Gasteiger partial charge in [-0.1, -0.05) is 138 Å². The van der Waals surface area contributed by atoms with E-state index in [1.54, 1.807) is 0 Å². The predicted molar refractivity (Wildman–Crippen MR) is 344 cm³/mol. The summed E-state index contributed by atoms with van der Waals surface area (Å²) >= 11 is 3.50. The van der Waals surface area contributed by atoms with Crippen molar-refractivity contribution >= 4 is 127 Å². The second-order valence-corrected chi connectivity index (χ2v) is 21.5. The van der Waals surface area contributed by atoms with Crippen molar-refractivity contribution in [3.8, 4) is 46.6 Å². The van der Waals surface area contributed by atoms with Gasteiger partial charge in [0, 0.05) is 43.8 Å². The summed E-state index contributed by atoms with van der Waals surface area (Å²) in [5, 5.41) is 26.6. The summed E-state index contributed by atoms with van der Waals surface area (Å²) in [5.41, 5.74) is 10.6. The Balaban J connectivity index is 0.000000140. The number of ether oxygens (including phenoxy) is 3. The standard InChI is InChI=1S/C42H22N6O2.C18H7BrN4.C13H10O/c1-44-42-31(24-43)45-40-27-20-18-25(47-32-10-2-6-14-36(32)49-37-15-7-3-11-33(37)47)22-29(27)30-23-26(19-21-28(30)41(40)46-42)48-34-12-4-8-16-38(34)50-39-17-9-5-13-35(39)48;1-21-18-15(9-20)22-16-13-7-6-10(19)8-14(13)11-4-2-3-5-12(11)17(16)23-18;1-3-7-12-10(5-1)9-11-6-2-4-8-13(11)14-12/h2-23H;2-8H;1-8H,9H2. The molecule has 0 saturated carbocycles. The van der Waals surface area contributed by atoms with E-state index < -0.39 is 0 Å². The molecule has 14 aromatic rings. The van der Waals surface area contributed by atoms with Gasteiger partial charge in [-0.3, -0.25) is 0 Å². The van der Waals surface area contributed by atoms with Gasteiger partial charge in [0.25, 0.3) is 0 Å². The van der Waals surface area contributed by atoms with E-state index in [1.807, 2.05) is 158 Å². The van der Waals surface area contributed by atoms with E-state index in [1.165, 1.54) is 11.1 Å². The maximum atomic E-state index is 9.91. The number of hydrogen-bond acceptors (Lipinski definition) is 11. The van der Waals surface area contributed by atoms with E-state index in [4.69, 9.17) is 37.3 Å². The molecule has 12 aromatic carbocycles. The van der Waals surface area contributed by atoms with Crippen LogP contribution in [0.15, 0.2) is 229 Å². The molecule has 3 aliphatic rings. The smallest absolute Gasteiger partial charge is 0.307 e. The lowest BCUT2D eigenvalue weighted by Crippen LogP contribution is -2.16. The number of benzene rings is 12. The van der Waals surface area contributed by atoms with Crippen LogP contribution in [0.2, 0.25) is 0 Å². The largest absolute Gasteiger partial charge is 0.457 e. The van der Waals surface area contributed by atoms with Crippen LogP contribution in [-0.2, 0) is 6.42 Å². The summed E-state index contributed by atoms with van der Waals surface area (Å²) in [4.78, 5) is 29.6. The zero-order valence-electron chi connectivity index (χ0n) is 45.6. The number of halogens is 1. The highest BCUT2D eigenvalue weighted by Gasteiger charge is 2.29. The average molecular weight is 1180 g/mol. The van der Waals surface area contributed by atoms with Crippen LogP contribution in [0.25, 0.3) is 74.8 Å². The minimum atomic E-state index is -0.0149. The molecule has 87 heavy (non-hydrogen) atoms. The summed E-state index contributed by atoms with van der Waals surface area (Å²) in [7, 11) is 0. The average Bonchev–Trinajstić information content (AvgIpc) is 1.03. The highest BCUT2D eigenvalue weighted by atomic mass is 79.9. The molecule has 13 nitrogen and oxygen atoms in total. The molecule has 0 radical (unpaired) electrons. The van der Waals surface area contributed by atoms with Crippen LogP contribution in [0.3, 0.4) is 0 Å². The quantitative estimate of drug-likeness (QED) is 0.121. The molecular formula is C73H39BrN10O3. The first kappa shape index (κ1) is 51.7. The second-order valence-electron chi connectivity index (χ2n) is 20.6. The van der Waals surface area contributed by atoms with Crippen molar-refractivity contribution in [2.45, 2.75) is 6.42 Å². The number of rotatable bonds is 2. The van der Waals surface area contributed by atoms with E-state index in [0.717, 1.165) is 123 Å². The van der Waals surface area contributed by atoms with Crippen molar-refractivity contribution in [2.75, 3.05) is 9.80 Å². The lowest BCUT2D eigenvalue weighted by molar-refractivity contribution is 0.460. The summed E-state index contributed by atoms with van der Waals surface area (Å²) in [6, 6.07) is 78.8. The predicted octanol–water partition coefficient (Wildman–Crippen LogP) is 20.0. The highest BCUT2D eigenvalue weighted by molar-refractivity contribution is 9.10. The van der Waals surface area contributed by atoms with Gasteiger partial charge in [0.2, 0.25) is 0 Å². The molecule has 0 saturated heterocycles. The molecule has 0 bridgehead atoms. The Morgan fingerprint density at radius 2 is 0.701 bits per heavy atom. The number of nitriles is 2. The van der Waals surface area contributed by atoms with E-state index >= 15 is 0 Å². The number of anilines is 6. The van der Waals surface area contributed by atoms with Gasteiger partial charge in [0.05, 0.1) is 22.7 Å². The van der Waals surface area contributed by atoms with Crippen LogP contribution in [0, 0.1) is 35.8 Å². The fourth-order valence-electron chi connectivity index (χ4n) is 11.8. The zero-order chi connectivity index (χ0) is 58.7. The first-order chi connectivity index (χ1) is 42.9. The van der Waals surface area contributed by atoms with E-state index in [-0.39, 0.29) is 23.0 Å². The molecule has 17 rings (SSSR count). The molecular weight excluding hydrogens is 1140 g/mol. The second kappa shape index (κ2) is 21.2. The maximum absolute atomic E-state index is 9.91. The third-order valence-electron chi connectivity index (χ3n) is 15.6. The number of fused-ring (bicyclic) bond motifs is 18. The van der Waals surface area contributed by atoms with Gasteiger partial charge >= 0.3 is 11.6 Å². The Labute approximate surface area is 505 Å². The van der Waals surface area contributed by atoms with Crippen molar-refractivity contribution in [3.05, 3.63) is 274 Å². The normalized spacial score (nSPS) is 12.1. The van der Waals surface area contributed by atoms with Gasteiger partial charge in [-0.05, 0) is 148 Å². The summed E-state index contributed by atoms with van der Waals surface area (Å²) in [6.45, 7) is 15.0. The van der Waals surface area contributed by atoms with Crippen LogP contribution in [0.4, 0.5) is 45.8 Å². The fraction of sp³-hybridized carbons (Fsp3) is 0.0137. The fourth-order valence-corrected chi connectivity index (χ4v) is 12.1. The third kappa shape index (κ3) is 8.81. The van der Waals surface area contributed by atoms with Gasteiger partial charge < -0.3 is 33.7 Å². The first-order valence-electron chi connectivity index (χ1n) is 27.6. The Morgan fingerprint density at radius 1 is 0.368 bits per heavy atom. The Kier molecular flexibility index (Phi) is 12.6. The Bertz CT molecular complexity index is 5060. The first-order valence-corrected chi connectivity index (χ1v) is 28.4. The van der Waals surface area contributed by atoms with Crippen molar-refractivity contribution in [1.82, 2.24) is 19.9 Å². The number of para-hydroxylation sites is 10. The number of nitrogens with zero attached hydrogens (tertiary/aromatic N) is 10. The molecule has 0 N–H and O–H groups in total. The number of aromatic nitrogens is 4. The number of hydrogen-bond donors (Lipinski definition) is 0. The van der Waals surface area contributed by atoms with Crippen LogP contribution < -0.4 is 24.0 Å². The molecule has 406 valence electrons. The van der Waals surface area contributed by atoms with Crippen LogP contribution in [-0.4, -0.2) is 19.9 Å². The molecule has 3 aliphatic heterocycles. The van der Waals surface area contributed by atoms with Crippen molar-refractivity contribution in [2.24, 2.45) is 0 Å². The molecule has 14 heteroatoms.